The fourth-order valence-electron chi connectivity index (χ4n) is 2.98. The first-order valence-electron chi connectivity index (χ1n) is 8.56. The Morgan fingerprint density at radius 1 is 1.21 bits per heavy atom. The van der Waals surface area contributed by atoms with Gasteiger partial charge in [-0.2, -0.15) is 5.10 Å². The molecular weight excluding hydrogens is 373 g/mol. The van der Waals surface area contributed by atoms with Gasteiger partial charge in [-0.05, 0) is 23.5 Å². The van der Waals surface area contributed by atoms with Gasteiger partial charge in [0.1, 0.15) is 11.5 Å². The lowest BCUT2D eigenvalue weighted by Gasteiger charge is -2.43. The molecule has 1 aromatic heterocycles. The highest BCUT2D eigenvalue weighted by Crippen LogP contribution is 2.39. The van der Waals surface area contributed by atoms with E-state index < -0.39 is 17.2 Å². The van der Waals surface area contributed by atoms with Crippen LogP contribution in [-0.2, 0) is 11.9 Å². The molecule has 2 N–H and O–H groups in total. The van der Waals surface area contributed by atoms with Crippen molar-refractivity contribution in [2.24, 2.45) is 0 Å². The van der Waals surface area contributed by atoms with Crippen LogP contribution in [0.4, 0.5) is 14.9 Å². The SMILES string of the molecule is [B]C1([B])c2ccc(Oc3cccnn3)cc2OC(=O)N1Cc1cccc(N)c1F. The number of aromatic nitrogens is 2. The molecule has 29 heavy (non-hydrogen) atoms. The molecule has 2 heterocycles. The Morgan fingerprint density at radius 3 is 2.79 bits per heavy atom. The van der Waals surface area contributed by atoms with Gasteiger partial charge in [0.2, 0.25) is 5.88 Å². The number of fused-ring (bicyclic) bond motifs is 1. The summed E-state index contributed by atoms with van der Waals surface area (Å²) in [6.45, 7) is -0.222. The first kappa shape index (κ1) is 18.8. The molecule has 7 nitrogen and oxygen atoms in total. The second kappa shape index (κ2) is 7.12. The zero-order valence-corrected chi connectivity index (χ0v) is 15.1. The van der Waals surface area contributed by atoms with Crippen LogP contribution in [-0.4, -0.2) is 36.9 Å². The standard InChI is InChI=1S/C19H13B2FN4O3/c20-19(21)13-7-6-12(28-16-5-2-8-24-25-16)9-15(13)29-18(27)26(19)10-11-3-1-4-14(23)17(11)22/h1-9H,10,23H2. The number of rotatable bonds is 4. The summed E-state index contributed by atoms with van der Waals surface area (Å²) in [5, 5.41) is 5.80. The zero-order chi connectivity index (χ0) is 20.6. The molecule has 0 fully saturated rings. The Kier molecular flexibility index (Phi) is 4.62. The Morgan fingerprint density at radius 2 is 2.03 bits per heavy atom. The highest BCUT2D eigenvalue weighted by molar-refractivity contribution is 6.41. The van der Waals surface area contributed by atoms with Gasteiger partial charge in [-0.3, -0.25) is 0 Å². The Bertz CT molecular complexity index is 1080. The number of halogens is 1. The number of amides is 1. The second-order valence-electron chi connectivity index (χ2n) is 6.42. The van der Waals surface area contributed by atoms with Gasteiger partial charge in [0.05, 0.1) is 27.9 Å². The molecule has 0 atom stereocenters. The number of nitrogens with zero attached hydrogens (tertiary/aromatic N) is 3. The molecule has 1 aliphatic heterocycles. The number of nitrogens with two attached hydrogens (primary N) is 1. The highest BCUT2D eigenvalue weighted by atomic mass is 19.1. The molecule has 1 aliphatic rings. The largest absolute Gasteiger partial charge is 0.437 e. The molecule has 0 aliphatic carbocycles. The number of benzene rings is 2. The minimum absolute atomic E-state index is 0.0429. The lowest BCUT2D eigenvalue weighted by Crippen LogP contribution is -2.54. The second-order valence-corrected chi connectivity index (χ2v) is 6.42. The number of ether oxygens (including phenoxy) is 2. The van der Waals surface area contributed by atoms with Crippen molar-refractivity contribution in [2.45, 2.75) is 11.9 Å². The van der Waals surface area contributed by atoms with E-state index >= 15 is 0 Å². The van der Waals surface area contributed by atoms with Gasteiger partial charge in [0.15, 0.2) is 5.82 Å². The van der Waals surface area contributed by atoms with Gasteiger partial charge in [0, 0.05) is 29.5 Å². The summed E-state index contributed by atoms with van der Waals surface area (Å²) in [5.74, 6) is 0.101. The van der Waals surface area contributed by atoms with E-state index in [-0.39, 0.29) is 29.4 Å². The third-order valence-electron chi connectivity index (χ3n) is 4.46. The van der Waals surface area contributed by atoms with E-state index in [4.69, 9.17) is 30.9 Å². The van der Waals surface area contributed by atoms with Crippen LogP contribution >= 0.6 is 0 Å². The number of hydrogen-bond acceptors (Lipinski definition) is 6. The first-order chi connectivity index (χ1) is 13.9. The molecular formula is C19H13B2FN4O3. The summed E-state index contributed by atoms with van der Waals surface area (Å²) in [5.41, 5.74) is 6.03. The topological polar surface area (TPSA) is 90.6 Å². The minimum Gasteiger partial charge on any atom is -0.437 e. The van der Waals surface area contributed by atoms with Crippen LogP contribution < -0.4 is 15.2 Å². The summed E-state index contributed by atoms with van der Waals surface area (Å²) in [4.78, 5) is 13.6. The van der Waals surface area contributed by atoms with Crippen LogP contribution in [0.1, 0.15) is 11.1 Å². The Labute approximate surface area is 168 Å². The molecule has 0 unspecified atom stereocenters. The average Bonchev–Trinajstić information content (AvgIpc) is 2.69. The van der Waals surface area contributed by atoms with Crippen LogP contribution in [0.15, 0.2) is 54.7 Å². The van der Waals surface area contributed by atoms with E-state index in [2.05, 4.69) is 10.2 Å². The lowest BCUT2D eigenvalue weighted by molar-refractivity contribution is 0.120. The minimum atomic E-state index is -1.74. The van der Waals surface area contributed by atoms with Crippen LogP contribution in [0, 0.1) is 5.82 Å². The van der Waals surface area contributed by atoms with Crippen molar-refractivity contribution in [3.63, 3.8) is 0 Å². The fourth-order valence-corrected chi connectivity index (χ4v) is 2.98. The van der Waals surface area contributed by atoms with Crippen LogP contribution in [0.25, 0.3) is 0 Å². The monoisotopic (exact) mass is 386 g/mol. The molecule has 10 heteroatoms. The predicted molar refractivity (Wildman–Crippen MR) is 104 cm³/mol. The van der Waals surface area contributed by atoms with Gasteiger partial charge >= 0.3 is 6.09 Å². The summed E-state index contributed by atoms with van der Waals surface area (Å²) >= 11 is 0. The Balaban J connectivity index is 1.64. The third kappa shape index (κ3) is 3.49. The van der Waals surface area contributed by atoms with Crippen molar-refractivity contribution >= 4 is 27.5 Å². The molecule has 4 rings (SSSR count). The molecule has 1 amide bonds. The molecule has 4 radical (unpaired) electrons. The molecule has 0 spiro atoms. The third-order valence-corrected chi connectivity index (χ3v) is 4.46. The summed E-state index contributed by atoms with van der Waals surface area (Å²) in [6, 6.07) is 12.4. The highest BCUT2D eigenvalue weighted by Gasteiger charge is 2.40. The summed E-state index contributed by atoms with van der Waals surface area (Å²) in [6.07, 6.45) is 0.678. The van der Waals surface area contributed by atoms with Crippen molar-refractivity contribution in [3.05, 3.63) is 71.7 Å². The van der Waals surface area contributed by atoms with E-state index in [9.17, 15) is 9.18 Å². The number of hydrogen-bond donors (Lipinski definition) is 1. The first-order valence-corrected chi connectivity index (χ1v) is 8.56. The molecule has 140 valence electrons. The van der Waals surface area contributed by atoms with E-state index in [1.165, 1.54) is 24.4 Å². The Hall–Kier alpha value is -3.55. The molecule has 0 saturated heterocycles. The van der Waals surface area contributed by atoms with Crippen molar-refractivity contribution in [1.29, 1.82) is 0 Å². The van der Waals surface area contributed by atoms with E-state index in [1.54, 1.807) is 30.3 Å². The average molecular weight is 386 g/mol. The molecule has 0 saturated carbocycles. The van der Waals surface area contributed by atoms with Crippen molar-refractivity contribution < 1.29 is 18.7 Å². The van der Waals surface area contributed by atoms with E-state index in [1.807, 2.05) is 0 Å². The quantitative estimate of drug-likeness (QED) is 0.548. The molecule has 0 bridgehead atoms. The number of carbonyl (C=O) groups excluding carboxylic acids is 1. The number of nitrogen functional groups attached to an aromatic ring is 1. The fraction of sp³-hybridized carbons (Fsp3) is 0.105. The number of anilines is 1. The van der Waals surface area contributed by atoms with Gasteiger partial charge < -0.3 is 20.1 Å². The van der Waals surface area contributed by atoms with E-state index in [0.717, 1.165) is 4.90 Å². The number of carbonyl (C=O) groups is 1. The van der Waals surface area contributed by atoms with Crippen LogP contribution in [0.2, 0.25) is 0 Å². The lowest BCUT2D eigenvalue weighted by atomic mass is 9.56. The van der Waals surface area contributed by atoms with Crippen molar-refractivity contribution in [1.82, 2.24) is 15.1 Å². The van der Waals surface area contributed by atoms with Gasteiger partial charge in [-0.25, -0.2) is 9.18 Å². The maximum Gasteiger partial charge on any atom is 0.414 e. The van der Waals surface area contributed by atoms with Crippen LogP contribution in [0.3, 0.4) is 0 Å². The smallest absolute Gasteiger partial charge is 0.414 e. The van der Waals surface area contributed by atoms with Gasteiger partial charge in [0.25, 0.3) is 0 Å². The normalized spacial score (nSPS) is 14.8. The zero-order valence-electron chi connectivity index (χ0n) is 15.1. The van der Waals surface area contributed by atoms with Gasteiger partial charge in [-0.1, -0.05) is 18.2 Å². The van der Waals surface area contributed by atoms with Crippen LogP contribution in [0.5, 0.6) is 17.4 Å². The summed E-state index contributed by atoms with van der Waals surface area (Å²) < 4.78 is 25.2. The van der Waals surface area contributed by atoms with E-state index in [0.29, 0.717) is 11.3 Å². The summed E-state index contributed by atoms with van der Waals surface area (Å²) in [7, 11) is 12.5. The molecule has 3 aromatic rings. The van der Waals surface area contributed by atoms with Crippen molar-refractivity contribution in [2.75, 3.05) is 5.73 Å². The maximum atomic E-state index is 14.3. The predicted octanol–water partition coefficient (Wildman–Crippen LogP) is 2.45. The molecule has 2 aromatic carbocycles. The van der Waals surface area contributed by atoms with Gasteiger partial charge in [-0.15, -0.1) is 5.10 Å². The van der Waals surface area contributed by atoms with Crippen molar-refractivity contribution in [3.8, 4) is 17.4 Å². The maximum absolute atomic E-state index is 14.3.